The van der Waals surface area contributed by atoms with Gasteiger partial charge in [0.05, 0.1) is 10.0 Å². The minimum atomic E-state index is -0.577. The van der Waals surface area contributed by atoms with Crippen molar-refractivity contribution in [2.24, 2.45) is 5.73 Å². The molecule has 0 atom stereocenters. The van der Waals surface area contributed by atoms with E-state index in [0.29, 0.717) is 4.47 Å². The van der Waals surface area contributed by atoms with Crippen molar-refractivity contribution in [1.82, 2.24) is 0 Å². The number of amides is 1. The van der Waals surface area contributed by atoms with Gasteiger partial charge in [-0.15, -0.1) is 0 Å². The van der Waals surface area contributed by atoms with E-state index < -0.39 is 5.91 Å². The molecule has 3 nitrogen and oxygen atoms in total. The number of rotatable bonds is 2. The van der Waals surface area contributed by atoms with Crippen LogP contribution in [0.4, 0.5) is 0 Å². The number of carbonyl (C=O) groups is 1. The molecule has 2 N–H and O–H groups in total. The molecule has 0 aromatic heterocycles. The second-order valence-electron chi connectivity index (χ2n) is 2.06. The van der Waals surface area contributed by atoms with Crippen LogP contribution in [0.3, 0.4) is 0 Å². The summed E-state index contributed by atoms with van der Waals surface area (Å²) in [7, 11) is 0. The van der Waals surface area contributed by atoms with Gasteiger partial charge in [-0.05, 0) is 28.1 Å². The minimum absolute atomic E-state index is 0.242. The maximum atomic E-state index is 10.8. The monoisotopic (exact) mass is 249 g/mol. The largest absolute Gasteiger partial charge is 0.384 e. The van der Waals surface area contributed by atoms with E-state index >= 15 is 0 Å². The molecular weight excluding hydrogens is 245 g/mol. The zero-order valence-corrected chi connectivity index (χ0v) is 8.22. The number of primary amides is 1. The van der Waals surface area contributed by atoms with Crippen molar-refractivity contribution < 1.29 is 9.08 Å². The van der Waals surface area contributed by atoms with Gasteiger partial charge >= 0.3 is 0 Å². The Morgan fingerprint density at radius 2 is 2.25 bits per heavy atom. The summed E-state index contributed by atoms with van der Waals surface area (Å²) in [5, 5.41) is 0. The molecule has 1 rings (SSSR count). The van der Waals surface area contributed by atoms with Gasteiger partial charge in [0.25, 0.3) is 5.91 Å². The van der Waals surface area contributed by atoms with Crippen LogP contribution in [0.5, 0.6) is 5.75 Å². The first kappa shape index (κ1) is 9.35. The van der Waals surface area contributed by atoms with Gasteiger partial charge in [0.1, 0.15) is 11.9 Å². The smallest absolute Gasteiger partial charge is 0.252 e. The lowest BCUT2D eigenvalue weighted by molar-refractivity contribution is 0.0998. The van der Waals surface area contributed by atoms with Gasteiger partial charge in [0.2, 0.25) is 0 Å². The normalized spacial score (nSPS) is 9.50. The molecule has 0 saturated heterocycles. The van der Waals surface area contributed by atoms with Crippen LogP contribution in [0.2, 0.25) is 0 Å². The summed E-state index contributed by atoms with van der Waals surface area (Å²) in [5.41, 5.74) is 5.31. The lowest BCUT2D eigenvalue weighted by Gasteiger charge is -2.03. The van der Waals surface area contributed by atoms with Crippen molar-refractivity contribution >= 4 is 33.7 Å². The highest BCUT2D eigenvalue weighted by Crippen LogP contribution is 2.29. The third-order valence-corrected chi connectivity index (χ3v) is 2.09. The molecule has 0 heterocycles. The molecule has 0 bridgehead atoms. The number of para-hydroxylation sites is 1. The van der Waals surface area contributed by atoms with E-state index in [9.17, 15) is 4.79 Å². The highest BCUT2D eigenvalue weighted by atomic mass is 79.9. The first-order valence-corrected chi connectivity index (χ1v) is 4.14. The summed E-state index contributed by atoms with van der Waals surface area (Å²) in [6.07, 6.45) is 0. The Balaban J connectivity index is 3.27. The molecule has 0 spiro atoms. The first-order chi connectivity index (χ1) is 5.66. The molecular formula is C7H5BrClNO2. The van der Waals surface area contributed by atoms with Crippen LogP contribution in [-0.2, 0) is 0 Å². The molecule has 0 aliphatic rings. The molecule has 5 heteroatoms. The minimum Gasteiger partial charge on any atom is -0.384 e. The number of hydrogen-bond donors (Lipinski definition) is 1. The SMILES string of the molecule is NC(=O)c1cccc(Br)c1OCl. The average molecular weight is 250 g/mol. The Hall–Kier alpha value is -0.740. The van der Waals surface area contributed by atoms with Crippen molar-refractivity contribution in [2.45, 2.75) is 0 Å². The van der Waals surface area contributed by atoms with E-state index in [1.54, 1.807) is 12.1 Å². The molecule has 1 amide bonds. The molecule has 64 valence electrons. The van der Waals surface area contributed by atoms with E-state index in [1.165, 1.54) is 6.07 Å². The molecule has 1 aromatic carbocycles. The van der Waals surface area contributed by atoms with Gasteiger partial charge in [-0.25, -0.2) is 0 Å². The quantitative estimate of drug-likeness (QED) is 0.874. The van der Waals surface area contributed by atoms with Crippen LogP contribution in [-0.4, -0.2) is 5.91 Å². The van der Waals surface area contributed by atoms with E-state index in [4.69, 9.17) is 17.6 Å². The average Bonchev–Trinajstić information content (AvgIpc) is 2.03. The molecule has 12 heavy (non-hydrogen) atoms. The fraction of sp³-hybridized carbons (Fsp3) is 0. The lowest BCUT2D eigenvalue weighted by Crippen LogP contribution is -2.11. The summed E-state index contributed by atoms with van der Waals surface area (Å²) in [5.74, 6) is -0.335. The highest BCUT2D eigenvalue weighted by molar-refractivity contribution is 9.10. The summed E-state index contributed by atoms with van der Waals surface area (Å²) in [6, 6.07) is 4.90. The molecule has 0 saturated carbocycles. The number of nitrogens with two attached hydrogens (primary N) is 1. The summed E-state index contributed by atoms with van der Waals surface area (Å²) in [4.78, 5) is 10.8. The predicted octanol–water partition coefficient (Wildman–Crippen LogP) is 2.08. The summed E-state index contributed by atoms with van der Waals surface area (Å²) < 4.78 is 5.05. The van der Waals surface area contributed by atoms with Crippen LogP contribution in [0.1, 0.15) is 10.4 Å². The molecule has 1 aromatic rings. The Morgan fingerprint density at radius 1 is 1.58 bits per heavy atom. The maximum absolute atomic E-state index is 10.8. The van der Waals surface area contributed by atoms with Crippen molar-refractivity contribution in [3.63, 3.8) is 0 Å². The van der Waals surface area contributed by atoms with Crippen LogP contribution >= 0.6 is 27.8 Å². The van der Waals surface area contributed by atoms with Crippen molar-refractivity contribution in [3.8, 4) is 5.75 Å². The third-order valence-electron chi connectivity index (χ3n) is 1.31. The summed E-state index contributed by atoms with van der Waals surface area (Å²) in [6.45, 7) is 0. The van der Waals surface area contributed by atoms with Crippen molar-refractivity contribution in [1.29, 1.82) is 0 Å². The zero-order chi connectivity index (χ0) is 9.14. The van der Waals surface area contributed by atoms with Gasteiger partial charge in [-0.2, -0.15) is 0 Å². The van der Waals surface area contributed by atoms with Gasteiger partial charge in [-0.3, -0.25) is 4.79 Å². The number of benzene rings is 1. The van der Waals surface area contributed by atoms with Gasteiger partial charge in [-0.1, -0.05) is 6.07 Å². The van der Waals surface area contributed by atoms with Crippen LogP contribution < -0.4 is 10.0 Å². The number of halogens is 2. The van der Waals surface area contributed by atoms with E-state index in [0.717, 1.165) is 0 Å². The standard InChI is InChI=1S/C7H5BrClNO2/c8-5-3-1-2-4(7(10)11)6(5)12-9/h1-3H,(H2,10,11). The van der Waals surface area contributed by atoms with E-state index in [2.05, 4.69) is 20.2 Å². The van der Waals surface area contributed by atoms with Crippen LogP contribution in [0, 0.1) is 0 Å². The van der Waals surface area contributed by atoms with Crippen molar-refractivity contribution in [3.05, 3.63) is 28.2 Å². The second kappa shape index (κ2) is 3.78. The van der Waals surface area contributed by atoms with Gasteiger partial charge in [0, 0.05) is 0 Å². The Morgan fingerprint density at radius 3 is 2.67 bits per heavy atom. The second-order valence-corrected chi connectivity index (χ2v) is 3.07. The predicted molar refractivity (Wildman–Crippen MR) is 49.1 cm³/mol. The number of hydrogen-bond acceptors (Lipinski definition) is 2. The Kier molecular flexibility index (Phi) is 2.94. The molecule has 0 unspecified atom stereocenters. The maximum Gasteiger partial charge on any atom is 0.252 e. The fourth-order valence-electron chi connectivity index (χ4n) is 0.781. The highest BCUT2D eigenvalue weighted by Gasteiger charge is 2.11. The van der Waals surface area contributed by atoms with Gasteiger partial charge in [0.15, 0.2) is 5.75 Å². The summed E-state index contributed by atoms with van der Waals surface area (Å²) >= 11 is 8.30. The molecule has 0 fully saturated rings. The van der Waals surface area contributed by atoms with E-state index in [-0.39, 0.29) is 11.3 Å². The Labute approximate surface area is 82.8 Å². The van der Waals surface area contributed by atoms with Gasteiger partial charge < -0.3 is 10.0 Å². The topological polar surface area (TPSA) is 52.3 Å². The lowest BCUT2D eigenvalue weighted by atomic mass is 10.2. The number of carbonyl (C=O) groups excluding carboxylic acids is 1. The molecule has 0 radical (unpaired) electrons. The zero-order valence-electron chi connectivity index (χ0n) is 5.88. The van der Waals surface area contributed by atoms with Crippen LogP contribution in [0.15, 0.2) is 22.7 Å². The fourth-order valence-corrected chi connectivity index (χ4v) is 1.49. The molecule has 0 aliphatic heterocycles. The van der Waals surface area contributed by atoms with Crippen molar-refractivity contribution in [2.75, 3.05) is 0 Å². The first-order valence-electron chi connectivity index (χ1n) is 3.03. The Bertz CT molecular complexity index is 316. The molecule has 0 aliphatic carbocycles. The third kappa shape index (κ3) is 1.70. The van der Waals surface area contributed by atoms with E-state index in [1.807, 2.05) is 0 Å². The van der Waals surface area contributed by atoms with Crippen LogP contribution in [0.25, 0.3) is 0 Å².